The summed E-state index contributed by atoms with van der Waals surface area (Å²) in [5.74, 6) is 0.0764. The number of carbonyl (C=O) groups is 3. The average molecular weight is 518 g/mol. The van der Waals surface area contributed by atoms with Crippen molar-refractivity contribution in [2.24, 2.45) is 5.92 Å². The van der Waals surface area contributed by atoms with Crippen molar-refractivity contribution in [2.45, 2.75) is 52.6 Å². The highest BCUT2D eigenvalue weighted by atomic mass is 79.9. The summed E-state index contributed by atoms with van der Waals surface area (Å²) in [6, 6.07) is 6.19. The highest BCUT2D eigenvalue weighted by Gasteiger charge is 2.35. The number of amides is 3. The number of likely N-dealkylation sites (tertiary alicyclic amines) is 1. The molecule has 0 saturated carbocycles. The smallest absolute Gasteiger partial charge is 0.293 e. The number of nitrogens with zero attached hydrogens (tertiary/aromatic N) is 3. The molecule has 2 aliphatic rings. The second-order valence-corrected chi connectivity index (χ2v) is 10.9. The molecule has 3 heterocycles. The third kappa shape index (κ3) is 4.66. The van der Waals surface area contributed by atoms with Crippen molar-refractivity contribution in [3.05, 3.63) is 39.3 Å². The van der Waals surface area contributed by atoms with E-state index in [1.54, 1.807) is 6.08 Å². The van der Waals surface area contributed by atoms with Crippen LogP contribution in [0, 0.1) is 5.92 Å². The first kappa shape index (κ1) is 23.1. The van der Waals surface area contributed by atoms with E-state index in [1.165, 1.54) is 11.3 Å². The standard InChI is InChI=1S/C24H28BrN3O3S/c1-15(2)12-28-23(30)21(32-24(28)31)10-17-13-26(20-8-7-18(25)11-19(17)20)14-22(29)27-9-5-4-6-16(27)3/h7-8,10-11,13,15-16H,4-6,9,12,14H2,1-3H3/b21-10-/t16-/m1/s1. The van der Waals surface area contributed by atoms with Crippen LogP contribution in [0.1, 0.15) is 45.6 Å². The average Bonchev–Trinajstić information content (AvgIpc) is 3.19. The quantitative estimate of drug-likeness (QED) is 0.491. The molecule has 4 rings (SSSR count). The van der Waals surface area contributed by atoms with Crippen LogP contribution in [0.4, 0.5) is 4.79 Å². The Morgan fingerprint density at radius 1 is 1.28 bits per heavy atom. The fourth-order valence-corrected chi connectivity index (χ4v) is 5.61. The first-order valence-corrected chi connectivity index (χ1v) is 12.7. The van der Waals surface area contributed by atoms with Crippen LogP contribution in [0.15, 0.2) is 33.8 Å². The van der Waals surface area contributed by atoms with E-state index >= 15 is 0 Å². The zero-order valence-electron chi connectivity index (χ0n) is 18.6. The number of piperidine rings is 1. The maximum absolute atomic E-state index is 13.1. The lowest BCUT2D eigenvalue weighted by Crippen LogP contribution is -2.43. The van der Waals surface area contributed by atoms with Gasteiger partial charge in [-0.3, -0.25) is 19.3 Å². The molecule has 1 aromatic carbocycles. The number of halogens is 1. The molecule has 0 N–H and O–H groups in total. The van der Waals surface area contributed by atoms with Gasteiger partial charge in [-0.05, 0) is 68.1 Å². The van der Waals surface area contributed by atoms with E-state index in [0.29, 0.717) is 11.4 Å². The van der Waals surface area contributed by atoms with E-state index in [4.69, 9.17) is 0 Å². The van der Waals surface area contributed by atoms with Gasteiger partial charge in [0.05, 0.1) is 4.91 Å². The molecule has 2 aromatic rings. The molecule has 32 heavy (non-hydrogen) atoms. The van der Waals surface area contributed by atoms with Gasteiger partial charge in [0.2, 0.25) is 5.91 Å². The molecule has 0 aliphatic carbocycles. The number of hydrogen-bond donors (Lipinski definition) is 0. The minimum atomic E-state index is -0.247. The number of thioether (sulfide) groups is 1. The van der Waals surface area contributed by atoms with Gasteiger partial charge in [0.25, 0.3) is 11.1 Å². The molecule has 8 heteroatoms. The Morgan fingerprint density at radius 2 is 2.06 bits per heavy atom. The van der Waals surface area contributed by atoms with Gasteiger partial charge in [-0.25, -0.2) is 0 Å². The van der Waals surface area contributed by atoms with Gasteiger partial charge in [0.15, 0.2) is 0 Å². The molecule has 0 radical (unpaired) electrons. The second-order valence-electron chi connectivity index (χ2n) is 8.99. The van der Waals surface area contributed by atoms with Crippen molar-refractivity contribution >= 4 is 61.7 Å². The first-order chi connectivity index (χ1) is 15.2. The molecule has 2 fully saturated rings. The van der Waals surface area contributed by atoms with E-state index in [-0.39, 0.29) is 35.6 Å². The van der Waals surface area contributed by atoms with Gasteiger partial charge in [0, 0.05) is 46.3 Å². The normalized spacial score (nSPS) is 20.9. The van der Waals surface area contributed by atoms with Crippen LogP contribution in [0.25, 0.3) is 17.0 Å². The van der Waals surface area contributed by atoms with Gasteiger partial charge in [-0.2, -0.15) is 0 Å². The lowest BCUT2D eigenvalue weighted by atomic mass is 10.0. The third-order valence-corrected chi connectivity index (χ3v) is 7.41. The Morgan fingerprint density at radius 3 is 2.78 bits per heavy atom. The number of aromatic nitrogens is 1. The molecule has 2 saturated heterocycles. The third-order valence-electron chi connectivity index (χ3n) is 6.01. The van der Waals surface area contributed by atoms with Crippen LogP contribution in [0.5, 0.6) is 0 Å². The van der Waals surface area contributed by atoms with Gasteiger partial charge in [-0.15, -0.1) is 0 Å². The molecule has 1 aromatic heterocycles. The molecule has 0 unspecified atom stereocenters. The number of hydrogen-bond acceptors (Lipinski definition) is 4. The zero-order valence-corrected chi connectivity index (χ0v) is 21.0. The van der Waals surface area contributed by atoms with Gasteiger partial charge < -0.3 is 9.47 Å². The molecular weight excluding hydrogens is 490 g/mol. The number of fused-ring (bicyclic) bond motifs is 1. The van der Waals surface area contributed by atoms with E-state index in [2.05, 4.69) is 22.9 Å². The fraction of sp³-hybridized carbons (Fsp3) is 0.458. The Labute approximate surface area is 201 Å². The molecule has 2 aliphatic heterocycles. The highest BCUT2D eigenvalue weighted by molar-refractivity contribution is 9.10. The van der Waals surface area contributed by atoms with Crippen LogP contribution in [-0.4, -0.2) is 50.6 Å². The van der Waals surface area contributed by atoms with E-state index < -0.39 is 0 Å². The molecule has 1 atom stereocenters. The molecule has 170 valence electrons. The van der Waals surface area contributed by atoms with Crippen LogP contribution in [-0.2, 0) is 16.1 Å². The van der Waals surface area contributed by atoms with Crippen LogP contribution in [0.2, 0.25) is 0 Å². The van der Waals surface area contributed by atoms with Gasteiger partial charge in [0.1, 0.15) is 6.54 Å². The van der Waals surface area contributed by atoms with Crippen molar-refractivity contribution in [1.82, 2.24) is 14.4 Å². The summed E-state index contributed by atoms with van der Waals surface area (Å²) < 4.78 is 2.87. The summed E-state index contributed by atoms with van der Waals surface area (Å²) in [4.78, 5) is 42.0. The lowest BCUT2D eigenvalue weighted by Gasteiger charge is -2.33. The molecular formula is C24H28BrN3O3S. The lowest BCUT2D eigenvalue weighted by molar-refractivity contribution is -0.135. The topological polar surface area (TPSA) is 62.6 Å². The van der Waals surface area contributed by atoms with Gasteiger partial charge in [-0.1, -0.05) is 29.8 Å². The highest BCUT2D eigenvalue weighted by Crippen LogP contribution is 2.35. The van der Waals surface area contributed by atoms with E-state index in [1.807, 2.05) is 47.7 Å². The summed E-state index contributed by atoms with van der Waals surface area (Å²) in [5, 5.41) is 0.712. The maximum atomic E-state index is 13.1. The summed E-state index contributed by atoms with van der Waals surface area (Å²) in [7, 11) is 0. The number of benzene rings is 1. The predicted octanol–water partition coefficient (Wildman–Crippen LogP) is 5.50. The summed E-state index contributed by atoms with van der Waals surface area (Å²) in [6.45, 7) is 7.56. The number of rotatable bonds is 5. The van der Waals surface area contributed by atoms with Crippen molar-refractivity contribution in [2.75, 3.05) is 13.1 Å². The Balaban J connectivity index is 1.66. The second kappa shape index (κ2) is 9.43. The fourth-order valence-electron chi connectivity index (χ4n) is 4.41. The summed E-state index contributed by atoms with van der Waals surface area (Å²) >= 11 is 4.51. The SMILES string of the molecule is CC(C)CN1C(=O)S/C(=C\c2cn(CC(=O)N3CCCC[C@H]3C)c3ccc(Br)cc23)C1=O. The Kier molecular flexibility index (Phi) is 6.81. The minimum absolute atomic E-state index is 0.112. The number of carbonyl (C=O) groups excluding carboxylic acids is 3. The van der Waals surface area contributed by atoms with Crippen molar-refractivity contribution in [3.8, 4) is 0 Å². The monoisotopic (exact) mass is 517 g/mol. The molecule has 3 amide bonds. The largest absolute Gasteiger partial charge is 0.338 e. The molecule has 6 nitrogen and oxygen atoms in total. The maximum Gasteiger partial charge on any atom is 0.293 e. The summed E-state index contributed by atoms with van der Waals surface area (Å²) in [6.07, 6.45) is 6.96. The Hall–Kier alpha value is -2.06. The van der Waals surface area contributed by atoms with Crippen molar-refractivity contribution < 1.29 is 14.4 Å². The van der Waals surface area contributed by atoms with E-state index in [9.17, 15) is 14.4 Å². The van der Waals surface area contributed by atoms with Crippen LogP contribution < -0.4 is 0 Å². The van der Waals surface area contributed by atoms with Gasteiger partial charge >= 0.3 is 0 Å². The van der Waals surface area contributed by atoms with Crippen LogP contribution >= 0.6 is 27.7 Å². The molecule has 0 spiro atoms. The Bertz CT molecular complexity index is 1110. The number of imide groups is 1. The van der Waals surface area contributed by atoms with Crippen molar-refractivity contribution in [3.63, 3.8) is 0 Å². The summed E-state index contributed by atoms with van der Waals surface area (Å²) in [5.41, 5.74) is 1.76. The zero-order chi connectivity index (χ0) is 23.0. The van der Waals surface area contributed by atoms with Crippen LogP contribution in [0.3, 0.4) is 0 Å². The molecule has 0 bridgehead atoms. The van der Waals surface area contributed by atoms with E-state index in [0.717, 1.165) is 52.1 Å². The predicted molar refractivity (Wildman–Crippen MR) is 132 cm³/mol. The van der Waals surface area contributed by atoms with Crippen molar-refractivity contribution in [1.29, 1.82) is 0 Å². The first-order valence-electron chi connectivity index (χ1n) is 11.1. The minimum Gasteiger partial charge on any atom is -0.338 e.